The van der Waals surface area contributed by atoms with Crippen molar-refractivity contribution in [3.8, 4) is 5.75 Å². The molecule has 5 nitrogen and oxygen atoms in total. The van der Waals surface area contributed by atoms with Crippen LogP contribution in [0.15, 0.2) is 45.6 Å². The first kappa shape index (κ1) is 23.8. The molecule has 0 amide bonds. The van der Waals surface area contributed by atoms with Crippen LogP contribution in [0.1, 0.15) is 36.0 Å². The van der Waals surface area contributed by atoms with Gasteiger partial charge in [-0.1, -0.05) is 29.3 Å². The molecule has 0 unspecified atom stereocenters. The fraction of sp³-hybridized carbons (Fsp3) is 0.385. The van der Waals surface area contributed by atoms with E-state index in [4.69, 9.17) is 32.4 Å². The Morgan fingerprint density at radius 2 is 1.88 bits per heavy atom. The maximum Gasteiger partial charge on any atom is 0.339 e. The third-order valence-corrected chi connectivity index (χ3v) is 6.94. The number of Topliss-reactive ketones (excluding diaryl/α,β-unsaturated/α-hetero) is 1. The number of hydrogen-bond donors (Lipinski definition) is 0. The molecule has 0 bridgehead atoms. The van der Waals surface area contributed by atoms with Crippen molar-refractivity contribution in [2.24, 2.45) is 0 Å². The summed E-state index contributed by atoms with van der Waals surface area (Å²) in [6, 6.07) is 10.9. The molecule has 0 saturated carbocycles. The summed E-state index contributed by atoms with van der Waals surface area (Å²) in [7, 11) is 2.11. The van der Waals surface area contributed by atoms with Crippen LogP contribution >= 0.6 is 23.2 Å². The number of benzene rings is 2. The fourth-order valence-corrected chi connectivity index (χ4v) is 4.48. The van der Waals surface area contributed by atoms with Crippen molar-refractivity contribution >= 4 is 40.0 Å². The molecule has 0 radical (unpaired) electrons. The topological polar surface area (TPSA) is 59.8 Å². The summed E-state index contributed by atoms with van der Waals surface area (Å²) in [6.07, 6.45) is 2.98. The molecule has 1 saturated heterocycles. The number of carbonyl (C=O) groups is 1. The molecular formula is C26H27Cl2NO4. The van der Waals surface area contributed by atoms with E-state index in [1.165, 1.54) is 0 Å². The molecule has 1 aromatic heterocycles. The first-order valence-electron chi connectivity index (χ1n) is 11.2. The largest absolute Gasteiger partial charge is 0.490 e. The smallest absolute Gasteiger partial charge is 0.339 e. The number of halogens is 2. The molecule has 7 heteroatoms. The fourth-order valence-electron chi connectivity index (χ4n) is 4.16. The standard InChI is InChI=1S/C26H27Cl2NO4/c1-16-24(32-21-9-11-29(2)12-10-21)8-5-18-14-19(26(31)33-25(16)18)15-20(30)6-3-17-4-7-22(27)23(28)13-17/h4-5,7-8,13-14,21H,3,6,9-12,15H2,1-2H3. The Hall–Kier alpha value is -2.34. The first-order chi connectivity index (χ1) is 15.8. The maximum atomic E-state index is 12.6. The molecule has 4 rings (SSSR count). The molecule has 174 valence electrons. The summed E-state index contributed by atoms with van der Waals surface area (Å²) in [6.45, 7) is 3.92. The number of nitrogens with zero attached hydrogens (tertiary/aromatic N) is 1. The zero-order valence-corrected chi connectivity index (χ0v) is 20.3. The minimum atomic E-state index is -0.482. The number of rotatable bonds is 7. The van der Waals surface area contributed by atoms with E-state index in [1.54, 1.807) is 18.2 Å². The van der Waals surface area contributed by atoms with Gasteiger partial charge in [0.2, 0.25) is 0 Å². The molecule has 1 aliphatic heterocycles. The number of likely N-dealkylation sites (tertiary alicyclic amines) is 1. The van der Waals surface area contributed by atoms with E-state index in [2.05, 4.69) is 11.9 Å². The monoisotopic (exact) mass is 487 g/mol. The van der Waals surface area contributed by atoms with Gasteiger partial charge in [-0.25, -0.2) is 4.79 Å². The van der Waals surface area contributed by atoms with E-state index in [1.807, 2.05) is 25.1 Å². The molecule has 0 N–H and O–H groups in total. The van der Waals surface area contributed by atoms with Crippen molar-refractivity contribution in [2.45, 2.75) is 45.1 Å². The maximum absolute atomic E-state index is 12.6. The van der Waals surface area contributed by atoms with Gasteiger partial charge in [-0.15, -0.1) is 0 Å². The summed E-state index contributed by atoms with van der Waals surface area (Å²) in [5.74, 6) is 0.706. The van der Waals surface area contributed by atoms with Gasteiger partial charge < -0.3 is 14.1 Å². The number of aryl methyl sites for hydroxylation is 2. The summed E-state index contributed by atoms with van der Waals surface area (Å²) < 4.78 is 11.8. The van der Waals surface area contributed by atoms with Crippen LogP contribution in [0.2, 0.25) is 10.0 Å². The average Bonchev–Trinajstić information content (AvgIpc) is 2.79. The number of piperidine rings is 1. The molecule has 2 aromatic carbocycles. The summed E-state index contributed by atoms with van der Waals surface area (Å²) in [5, 5.41) is 1.73. The van der Waals surface area contributed by atoms with Gasteiger partial charge in [0.05, 0.1) is 10.0 Å². The lowest BCUT2D eigenvalue weighted by Crippen LogP contribution is -2.35. The Balaban J connectivity index is 1.45. The van der Waals surface area contributed by atoms with Gasteiger partial charge in [-0.05, 0) is 69.1 Å². The van der Waals surface area contributed by atoms with E-state index >= 15 is 0 Å². The zero-order valence-electron chi connectivity index (χ0n) is 18.8. The van der Waals surface area contributed by atoms with Crippen molar-refractivity contribution in [1.29, 1.82) is 0 Å². The molecule has 0 spiro atoms. The van der Waals surface area contributed by atoms with Gasteiger partial charge in [0, 0.05) is 42.4 Å². The minimum Gasteiger partial charge on any atom is -0.490 e. The van der Waals surface area contributed by atoms with Crippen LogP contribution < -0.4 is 10.4 Å². The molecule has 2 heterocycles. The van der Waals surface area contributed by atoms with Crippen LogP contribution in [-0.4, -0.2) is 36.9 Å². The van der Waals surface area contributed by atoms with E-state index in [0.717, 1.165) is 48.2 Å². The SMILES string of the molecule is Cc1c(OC2CCN(C)CC2)ccc2cc(CC(=O)CCc3ccc(Cl)c(Cl)c3)c(=O)oc12. The van der Waals surface area contributed by atoms with E-state index < -0.39 is 5.63 Å². The third-order valence-electron chi connectivity index (χ3n) is 6.20. The number of ketones is 1. The Morgan fingerprint density at radius 1 is 1.12 bits per heavy atom. The van der Waals surface area contributed by atoms with E-state index in [-0.39, 0.29) is 18.3 Å². The number of hydrogen-bond acceptors (Lipinski definition) is 5. The summed E-state index contributed by atoms with van der Waals surface area (Å²) >= 11 is 12.0. The van der Waals surface area contributed by atoms with E-state index in [0.29, 0.717) is 34.0 Å². The normalized spacial score (nSPS) is 15.2. The highest BCUT2D eigenvalue weighted by Gasteiger charge is 2.20. The first-order valence-corrected chi connectivity index (χ1v) is 11.9. The van der Waals surface area contributed by atoms with Crippen LogP contribution in [0.25, 0.3) is 11.0 Å². The summed E-state index contributed by atoms with van der Waals surface area (Å²) in [4.78, 5) is 27.4. The molecule has 0 aliphatic carbocycles. The lowest BCUT2D eigenvalue weighted by molar-refractivity contribution is -0.118. The second kappa shape index (κ2) is 10.3. The van der Waals surface area contributed by atoms with Crippen LogP contribution in [-0.2, 0) is 17.6 Å². The lowest BCUT2D eigenvalue weighted by atomic mass is 10.0. The highest BCUT2D eigenvalue weighted by Crippen LogP contribution is 2.29. The van der Waals surface area contributed by atoms with Crippen molar-refractivity contribution < 1.29 is 13.9 Å². The zero-order chi connectivity index (χ0) is 23.5. The Morgan fingerprint density at radius 3 is 2.61 bits per heavy atom. The number of carbonyl (C=O) groups excluding carboxylic acids is 1. The van der Waals surface area contributed by atoms with Gasteiger partial charge in [0.1, 0.15) is 23.2 Å². The van der Waals surface area contributed by atoms with Gasteiger partial charge >= 0.3 is 5.63 Å². The lowest BCUT2D eigenvalue weighted by Gasteiger charge is -2.29. The molecule has 3 aromatic rings. The Bertz CT molecular complexity index is 1230. The number of fused-ring (bicyclic) bond motifs is 1. The second-order valence-electron chi connectivity index (χ2n) is 8.75. The van der Waals surface area contributed by atoms with Crippen molar-refractivity contribution in [3.63, 3.8) is 0 Å². The molecule has 33 heavy (non-hydrogen) atoms. The average molecular weight is 488 g/mol. The highest BCUT2D eigenvalue weighted by molar-refractivity contribution is 6.42. The molecule has 0 atom stereocenters. The molecule has 1 fully saturated rings. The van der Waals surface area contributed by atoms with Gasteiger partial charge in [-0.2, -0.15) is 0 Å². The Kier molecular flexibility index (Phi) is 7.42. The van der Waals surface area contributed by atoms with Crippen molar-refractivity contribution in [1.82, 2.24) is 4.90 Å². The van der Waals surface area contributed by atoms with Crippen LogP contribution in [0, 0.1) is 6.92 Å². The Labute approximate surface area is 203 Å². The van der Waals surface area contributed by atoms with Crippen molar-refractivity contribution in [3.05, 3.63) is 73.6 Å². The van der Waals surface area contributed by atoms with Crippen molar-refractivity contribution in [2.75, 3.05) is 20.1 Å². The summed E-state index contributed by atoms with van der Waals surface area (Å²) in [5.41, 5.74) is 2.13. The second-order valence-corrected chi connectivity index (χ2v) is 9.56. The minimum absolute atomic E-state index is 0.0342. The van der Waals surface area contributed by atoms with Gasteiger partial charge in [0.15, 0.2) is 0 Å². The van der Waals surface area contributed by atoms with Crippen LogP contribution in [0.4, 0.5) is 0 Å². The highest BCUT2D eigenvalue weighted by atomic mass is 35.5. The molecule has 1 aliphatic rings. The van der Waals surface area contributed by atoms with Crippen LogP contribution in [0.5, 0.6) is 5.75 Å². The quantitative estimate of drug-likeness (QED) is 0.404. The van der Waals surface area contributed by atoms with Gasteiger partial charge in [-0.3, -0.25) is 4.79 Å². The van der Waals surface area contributed by atoms with E-state index in [9.17, 15) is 9.59 Å². The molecular weight excluding hydrogens is 461 g/mol. The van der Waals surface area contributed by atoms with Gasteiger partial charge in [0.25, 0.3) is 0 Å². The predicted octanol–water partition coefficient (Wildman–Crippen LogP) is 5.63. The third kappa shape index (κ3) is 5.78. The predicted molar refractivity (Wildman–Crippen MR) is 132 cm³/mol. The van der Waals surface area contributed by atoms with Crippen LogP contribution in [0.3, 0.4) is 0 Å². The number of ether oxygens (including phenoxy) is 1.